The summed E-state index contributed by atoms with van der Waals surface area (Å²) in [5, 5.41) is 0. The molecule has 0 radical (unpaired) electrons. The lowest BCUT2D eigenvalue weighted by atomic mass is 9.52. The van der Waals surface area contributed by atoms with E-state index in [0.717, 1.165) is 0 Å². The maximum Gasteiger partial charge on any atom is 0.457 e. The Hall–Kier alpha value is -1.68. The molecule has 1 aliphatic rings. The zero-order valence-corrected chi connectivity index (χ0v) is 15.1. The Labute approximate surface area is 178 Å². The molecule has 0 N–H and O–H groups in total. The summed E-state index contributed by atoms with van der Waals surface area (Å²) in [6, 6.07) is 0. The van der Waals surface area contributed by atoms with Crippen LogP contribution in [0.2, 0.25) is 0 Å². The van der Waals surface area contributed by atoms with Gasteiger partial charge >= 0.3 is 65.7 Å². The third-order valence-electron chi connectivity index (χ3n) is 5.04. The highest BCUT2D eigenvalue weighted by Crippen LogP contribution is 2.82. The summed E-state index contributed by atoms with van der Waals surface area (Å²) in [6.45, 7) is 0. The molecule has 0 aromatic carbocycles. The van der Waals surface area contributed by atoms with Crippen LogP contribution in [0.4, 0.5) is 105 Å². The molecule has 0 aromatic rings. The highest BCUT2D eigenvalue weighted by atomic mass is 19.4. The van der Waals surface area contributed by atoms with Crippen molar-refractivity contribution in [1.82, 2.24) is 0 Å². The van der Waals surface area contributed by atoms with Gasteiger partial charge in [0.05, 0.1) is 0 Å². The molecule has 1 rings (SSSR count). The van der Waals surface area contributed by atoms with E-state index in [-0.39, 0.29) is 0 Å². The van der Waals surface area contributed by atoms with Crippen molar-refractivity contribution in [3.05, 3.63) is 0 Å². The first-order chi connectivity index (χ1) is 15.0. The topological polar surface area (TPSA) is 0 Å². The van der Waals surface area contributed by atoms with Crippen LogP contribution in [0.25, 0.3) is 0 Å². The first kappa shape index (κ1) is 32.3. The van der Waals surface area contributed by atoms with Crippen molar-refractivity contribution in [2.24, 2.45) is 5.41 Å². The summed E-state index contributed by atoms with van der Waals surface area (Å²) >= 11 is 0. The summed E-state index contributed by atoms with van der Waals surface area (Å²) in [5.74, 6) is -67.1. The number of rotatable bonds is 3. The SMILES string of the molecule is FC(F)(F)C(F)(F)C1(F)C(F)(F)C(F)(F)C(C(F)(F)C(F)(F)F)(C(F)(F)C(F)(F)F)C(F)(F)C1(F)F. The Morgan fingerprint density at radius 3 is 0.639 bits per heavy atom. The minimum Gasteiger partial charge on any atom is -0.223 e. The highest BCUT2D eigenvalue weighted by Gasteiger charge is 3.14. The highest BCUT2D eigenvalue weighted by molar-refractivity contribution is 5.37. The molecule has 0 heterocycles. The molecule has 0 aromatic heterocycles. The molecule has 0 spiro atoms. The van der Waals surface area contributed by atoms with Crippen LogP contribution in [0, 0.1) is 5.41 Å². The maximum absolute atomic E-state index is 14.1. The number of hydrogen-bond acceptors (Lipinski definition) is 0. The predicted molar refractivity (Wildman–Crippen MR) is 59.1 cm³/mol. The lowest BCUT2D eigenvalue weighted by molar-refractivity contribution is -0.571. The fourth-order valence-electron chi connectivity index (χ4n) is 3.30. The second kappa shape index (κ2) is 7.04. The average Bonchev–Trinajstić information content (AvgIpc) is 2.55. The zero-order chi connectivity index (χ0) is 30.0. The van der Waals surface area contributed by atoms with Crippen LogP contribution >= 0.6 is 0 Å². The van der Waals surface area contributed by atoms with E-state index in [1.165, 1.54) is 0 Å². The third-order valence-corrected chi connectivity index (χ3v) is 5.04. The minimum atomic E-state index is -10.0. The molecule has 0 unspecified atom stereocenters. The van der Waals surface area contributed by atoms with E-state index in [4.69, 9.17) is 0 Å². The molecule has 0 saturated heterocycles. The molecule has 216 valence electrons. The first-order valence-electron chi connectivity index (χ1n) is 7.54. The van der Waals surface area contributed by atoms with Crippen molar-refractivity contribution in [1.29, 1.82) is 0 Å². The van der Waals surface area contributed by atoms with Crippen molar-refractivity contribution in [3.63, 3.8) is 0 Å². The van der Waals surface area contributed by atoms with E-state index in [9.17, 15) is 105 Å². The van der Waals surface area contributed by atoms with Gasteiger partial charge in [0.2, 0.25) is 0 Å². The Bertz CT molecular complexity index is 805. The largest absolute Gasteiger partial charge is 0.457 e. The zero-order valence-electron chi connectivity index (χ0n) is 15.1. The van der Waals surface area contributed by atoms with Crippen molar-refractivity contribution >= 4 is 0 Å². The molecular weight excluding hydrogens is 600 g/mol. The van der Waals surface area contributed by atoms with Crippen LogP contribution in [0.15, 0.2) is 0 Å². The molecule has 0 bridgehead atoms. The van der Waals surface area contributed by atoms with Crippen LogP contribution < -0.4 is 0 Å². The first-order valence-corrected chi connectivity index (χ1v) is 7.54. The second-order valence-electron chi connectivity index (χ2n) is 6.92. The van der Waals surface area contributed by atoms with Gasteiger partial charge in [-0.25, -0.2) is 4.39 Å². The molecule has 0 aliphatic heterocycles. The smallest absolute Gasteiger partial charge is 0.223 e. The van der Waals surface area contributed by atoms with Gasteiger partial charge in [0.1, 0.15) is 0 Å². The van der Waals surface area contributed by atoms with Crippen LogP contribution in [-0.4, -0.2) is 65.7 Å². The van der Waals surface area contributed by atoms with Gasteiger partial charge in [-0.1, -0.05) is 0 Å². The van der Waals surface area contributed by atoms with Crippen molar-refractivity contribution in [2.75, 3.05) is 0 Å². The van der Waals surface area contributed by atoms with Crippen molar-refractivity contribution in [3.8, 4) is 0 Å². The van der Waals surface area contributed by atoms with Crippen molar-refractivity contribution < 1.29 is 105 Å². The van der Waals surface area contributed by atoms with E-state index >= 15 is 0 Å². The molecule has 0 atom stereocenters. The molecular formula is C12F24. The summed E-state index contributed by atoms with van der Waals surface area (Å²) < 4.78 is 320. The molecule has 0 nitrogen and oxygen atoms in total. The normalized spacial score (nSPS) is 26.0. The second-order valence-corrected chi connectivity index (χ2v) is 6.92. The molecule has 24 heteroatoms. The van der Waals surface area contributed by atoms with Crippen LogP contribution in [0.1, 0.15) is 0 Å². The summed E-state index contributed by atoms with van der Waals surface area (Å²) in [4.78, 5) is 0. The Balaban J connectivity index is 4.75. The standard InChI is InChI=1S/C12F24/c13-2(9(26,27)12(34,35)36)7(22,23)3(14,15)1(4(16,17)8(2,24)25,5(18,19)10(28,29)30)6(20,21)11(31,32)33. The van der Waals surface area contributed by atoms with Gasteiger partial charge in [-0.05, 0) is 0 Å². The lowest BCUT2D eigenvalue weighted by Crippen LogP contribution is -2.94. The average molecular weight is 600 g/mol. The Kier molecular flexibility index (Phi) is 6.32. The summed E-state index contributed by atoms with van der Waals surface area (Å²) in [6.07, 6.45) is -26.2. The Morgan fingerprint density at radius 1 is 0.278 bits per heavy atom. The van der Waals surface area contributed by atoms with Gasteiger partial charge in [0.15, 0.2) is 0 Å². The summed E-state index contributed by atoms with van der Waals surface area (Å²) in [5.41, 5.74) is -19.5. The third kappa shape index (κ3) is 2.80. The van der Waals surface area contributed by atoms with E-state index in [0.29, 0.717) is 0 Å². The minimum absolute atomic E-state index is 8.49. The fraction of sp³-hybridized carbons (Fsp3) is 1.00. The van der Waals surface area contributed by atoms with E-state index in [1.807, 2.05) is 0 Å². The number of alkyl halides is 24. The molecule has 36 heavy (non-hydrogen) atoms. The van der Waals surface area contributed by atoms with E-state index < -0.39 is 71.1 Å². The number of hydrogen-bond donors (Lipinski definition) is 0. The van der Waals surface area contributed by atoms with Gasteiger partial charge in [0, 0.05) is 0 Å². The quantitative estimate of drug-likeness (QED) is 0.290. The molecule has 1 fully saturated rings. The predicted octanol–water partition coefficient (Wildman–Crippen LogP) is 7.83. The molecule has 0 amide bonds. The molecule has 1 saturated carbocycles. The van der Waals surface area contributed by atoms with E-state index in [1.54, 1.807) is 0 Å². The van der Waals surface area contributed by atoms with Gasteiger partial charge in [-0.3, -0.25) is 0 Å². The fourth-order valence-corrected chi connectivity index (χ4v) is 3.30. The Morgan fingerprint density at radius 2 is 0.472 bits per heavy atom. The van der Waals surface area contributed by atoms with Crippen molar-refractivity contribution in [2.45, 2.75) is 65.7 Å². The maximum atomic E-state index is 14.1. The van der Waals surface area contributed by atoms with E-state index in [2.05, 4.69) is 0 Å². The molecule has 1 aliphatic carbocycles. The van der Waals surface area contributed by atoms with Crippen LogP contribution in [0.3, 0.4) is 0 Å². The summed E-state index contributed by atoms with van der Waals surface area (Å²) in [7, 11) is 0. The monoisotopic (exact) mass is 600 g/mol. The van der Waals surface area contributed by atoms with Crippen LogP contribution in [-0.2, 0) is 0 Å². The van der Waals surface area contributed by atoms with Gasteiger partial charge in [-0.15, -0.1) is 0 Å². The number of halogens is 24. The lowest BCUT2D eigenvalue weighted by Gasteiger charge is -2.62. The van der Waals surface area contributed by atoms with Gasteiger partial charge in [-0.2, -0.15) is 101 Å². The van der Waals surface area contributed by atoms with Crippen LogP contribution in [0.5, 0.6) is 0 Å². The van der Waals surface area contributed by atoms with Gasteiger partial charge in [0.25, 0.3) is 5.41 Å². The van der Waals surface area contributed by atoms with Gasteiger partial charge < -0.3 is 0 Å².